The van der Waals surface area contributed by atoms with E-state index in [4.69, 9.17) is 4.74 Å². The van der Waals surface area contributed by atoms with Gasteiger partial charge in [0.25, 0.3) is 0 Å². The number of aliphatic hydroxyl groups is 1. The van der Waals surface area contributed by atoms with Crippen LogP contribution in [0.2, 0.25) is 0 Å². The van der Waals surface area contributed by atoms with Crippen molar-refractivity contribution in [1.29, 1.82) is 0 Å². The van der Waals surface area contributed by atoms with Gasteiger partial charge in [-0.1, -0.05) is 12.8 Å². The van der Waals surface area contributed by atoms with Crippen molar-refractivity contribution in [1.82, 2.24) is 9.80 Å². The highest BCUT2D eigenvalue weighted by molar-refractivity contribution is 4.69. The van der Waals surface area contributed by atoms with E-state index in [-0.39, 0.29) is 6.10 Å². The molecular weight excluding hydrogens is 240 g/mol. The van der Waals surface area contributed by atoms with Gasteiger partial charge in [0.15, 0.2) is 0 Å². The van der Waals surface area contributed by atoms with Crippen LogP contribution in [-0.4, -0.2) is 73.5 Å². The Morgan fingerprint density at radius 2 is 1.42 bits per heavy atom. The molecule has 0 aliphatic carbocycles. The van der Waals surface area contributed by atoms with Gasteiger partial charge in [-0.3, -0.25) is 0 Å². The van der Waals surface area contributed by atoms with Crippen LogP contribution >= 0.6 is 0 Å². The molecule has 0 aromatic rings. The van der Waals surface area contributed by atoms with Crippen LogP contribution in [0.4, 0.5) is 0 Å². The van der Waals surface area contributed by atoms with Crippen LogP contribution in [0, 0.1) is 0 Å². The van der Waals surface area contributed by atoms with Gasteiger partial charge in [0, 0.05) is 13.1 Å². The standard InChI is InChI=1S/C15H30N2O2/c18-15(13-17-9-5-2-6-10-17)14-19-12-11-16-7-3-1-4-8-16/h15,18H,1-14H2/t15-/m0/s1. The maximum Gasteiger partial charge on any atom is 0.0900 e. The van der Waals surface area contributed by atoms with E-state index >= 15 is 0 Å². The summed E-state index contributed by atoms with van der Waals surface area (Å²) in [5, 5.41) is 9.96. The van der Waals surface area contributed by atoms with Crippen molar-refractivity contribution in [2.75, 3.05) is 52.5 Å². The van der Waals surface area contributed by atoms with E-state index in [1.807, 2.05) is 0 Å². The predicted molar refractivity (Wildman–Crippen MR) is 77.4 cm³/mol. The number of ether oxygens (including phenoxy) is 1. The smallest absolute Gasteiger partial charge is 0.0900 e. The highest BCUT2D eigenvalue weighted by Gasteiger charge is 2.15. The molecule has 0 unspecified atom stereocenters. The van der Waals surface area contributed by atoms with Crippen molar-refractivity contribution in [3.8, 4) is 0 Å². The highest BCUT2D eigenvalue weighted by Crippen LogP contribution is 2.09. The van der Waals surface area contributed by atoms with Crippen LogP contribution in [0.3, 0.4) is 0 Å². The molecule has 0 radical (unpaired) electrons. The quantitative estimate of drug-likeness (QED) is 0.708. The Balaban J connectivity index is 1.47. The lowest BCUT2D eigenvalue weighted by Gasteiger charge is -2.29. The molecule has 0 saturated carbocycles. The normalized spacial score (nSPS) is 24.5. The largest absolute Gasteiger partial charge is 0.389 e. The molecule has 0 amide bonds. The van der Waals surface area contributed by atoms with Gasteiger partial charge in [-0.15, -0.1) is 0 Å². The third-order valence-corrected chi connectivity index (χ3v) is 4.23. The zero-order chi connectivity index (χ0) is 13.3. The zero-order valence-corrected chi connectivity index (χ0v) is 12.2. The second-order valence-electron chi connectivity index (χ2n) is 5.99. The number of piperidine rings is 2. The molecule has 2 fully saturated rings. The lowest BCUT2D eigenvalue weighted by atomic mass is 10.1. The fourth-order valence-corrected chi connectivity index (χ4v) is 3.09. The van der Waals surface area contributed by atoms with Crippen LogP contribution in [0.25, 0.3) is 0 Å². The summed E-state index contributed by atoms with van der Waals surface area (Å²) in [6, 6.07) is 0. The summed E-state index contributed by atoms with van der Waals surface area (Å²) in [4.78, 5) is 4.84. The van der Waals surface area contributed by atoms with E-state index < -0.39 is 0 Å². The number of hydrogen-bond acceptors (Lipinski definition) is 4. The van der Waals surface area contributed by atoms with Crippen LogP contribution in [0.5, 0.6) is 0 Å². The second kappa shape index (κ2) is 8.90. The Morgan fingerprint density at radius 3 is 2.05 bits per heavy atom. The van der Waals surface area contributed by atoms with Crippen molar-refractivity contribution < 1.29 is 9.84 Å². The zero-order valence-electron chi connectivity index (χ0n) is 12.2. The van der Waals surface area contributed by atoms with E-state index in [1.165, 1.54) is 51.6 Å². The summed E-state index contributed by atoms with van der Waals surface area (Å²) < 4.78 is 5.62. The first-order valence-corrected chi connectivity index (χ1v) is 8.05. The van der Waals surface area contributed by atoms with Gasteiger partial charge in [-0.2, -0.15) is 0 Å². The number of hydrogen-bond donors (Lipinski definition) is 1. The minimum atomic E-state index is -0.320. The molecule has 1 atom stereocenters. The van der Waals surface area contributed by atoms with E-state index in [9.17, 15) is 5.11 Å². The summed E-state index contributed by atoms with van der Waals surface area (Å²) in [5.74, 6) is 0. The van der Waals surface area contributed by atoms with Crippen molar-refractivity contribution >= 4 is 0 Å². The van der Waals surface area contributed by atoms with E-state index in [0.29, 0.717) is 6.61 Å². The molecule has 1 N–H and O–H groups in total. The number of likely N-dealkylation sites (tertiary alicyclic amines) is 2. The number of nitrogens with zero attached hydrogens (tertiary/aromatic N) is 2. The Bertz CT molecular complexity index is 226. The van der Waals surface area contributed by atoms with Crippen molar-refractivity contribution in [3.05, 3.63) is 0 Å². The van der Waals surface area contributed by atoms with Gasteiger partial charge in [-0.25, -0.2) is 0 Å². The summed E-state index contributed by atoms with van der Waals surface area (Å²) in [6.07, 6.45) is 7.63. The third-order valence-electron chi connectivity index (χ3n) is 4.23. The molecule has 2 aliphatic heterocycles. The Morgan fingerprint density at radius 1 is 0.842 bits per heavy atom. The third kappa shape index (κ3) is 6.21. The summed E-state index contributed by atoms with van der Waals surface area (Å²) in [7, 11) is 0. The molecular formula is C15H30N2O2. The van der Waals surface area contributed by atoms with Crippen LogP contribution in [0.1, 0.15) is 38.5 Å². The van der Waals surface area contributed by atoms with Crippen LogP contribution in [-0.2, 0) is 4.74 Å². The minimum absolute atomic E-state index is 0.320. The molecule has 19 heavy (non-hydrogen) atoms. The number of rotatable bonds is 7. The van der Waals surface area contributed by atoms with Gasteiger partial charge in [0.2, 0.25) is 0 Å². The Hall–Kier alpha value is -0.160. The molecule has 2 rings (SSSR count). The van der Waals surface area contributed by atoms with E-state index in [2.05, 4.69) is 9.80 Å². The molecule has 4 heteroatoms. The SMILES string of the molecule is O[C@H](COCCN1CCCCC1)CN1CCCCC1. The van der Waals surface area contributed by atoms with Gasteiger partial charge in [0.05, 0.1) is 19.3 Å². The van der Waals surface area contributed by atoms with Crippen molar-refractivity contribution in [2.24, 2.45) is 0 Å². The highest BCUT2D eigenvalue weighted by atomic mass is 16.5. The summed E-state index contributed by atoms with van der Waals surface area (Å²) in [6.45, 7) is 7.79. The number of aliphatic hydroxyl groups excluding tert-OH is 1. The molecule has 0 bridgehead atoms. The maximum atomic E-state index is 9.96. The fraction of sp³-hybridized carbons (Fsp3) is 1.00. The molecule has 4 nitrogen and oxygen atoms in total. The molecule has 112 valence electrons. The Kier molecular flexibility index (Phi) is 7.14. The van der Waals surface area contributed by atoms with Gasteiger partial charge in [0.1, 0.15) is 0 Å². The first kappa shape index (κ1) is 15.2. The lowest BCUT2D eigenvalue weighted by Crippen LogP contribution is -2.38. The van der Waals surface area contributed by atoms with Gasteiger partial charge < -0.3 is 19.6 Å². The van der Waals surface area contributed by atoms with Crippen LogP contribution < -0.4 is 0 Å². The molecule has 0 aromatic heterocycles. The van der Waals surface area contributed by atoms with E-state index in [0.717, 1.165) is 32.8 Å². The predicted octanol–water partition coefficient (Wildman–Crippen LogP) is 1.34. The molecule has 2 aliphatic rings. The first-order valence-electron chi connectivity index (χ1n) is 8.05. The summed E-state index contributed by atoms with van der Waals surface area (Å²) >= 11 is 0. The molecule has 2 saturated heterocycles. The lowest BCUT2D eigenvalue weighted by molar-refractivity contribution is 0.00601. The average molecular weight is 270 g/mol. The molecule has 0 aromatic carbocycles. The minimum Gasteiger partial charge on any atom is -0.389 e. The average Bonchev–Trinajstić information content (AvgIpc) is 2.46. The number of β-amino-alcohol motifs (C(OH)–C–C–N with tert-alkyl or cyclic N) is 1. The van der Waals surface area contributed by atoms with Gasteiger partial charge in [-0.05, 0) is 51.9 Å². The second-order valence-corrected chi connectivity index (χ2v) is 5.99. The topological polar surface area (TPSA) is 35.9 Å². The first-order chi connectivity index (χ1) is 9.34. The summed E-state index contributed by atoms with van der Waals surface area (Å²) in [5.41, 5.74) is 0. The molecule has 2 heterocycles. The Labute approximate surface area is 117 Å². The van der Waals surface area contributed by atoms with Gasteiger partial charge >= 0.3 is 0 Å². The van der Waals surface area contributed by atoms with Crippen LogP contribution in [0.15, 0.2) is 0 Å². The van der Waals surface area contributed by atoms with Crippen molar-refractivity contribution in [2.45, 2.75) is 44.6 Å². The van der Waals surface area contributed by atoms with Crippen molar-refractivity contribution in [3.63, 3.8) is 0 Å². The maximum absolute atomic E-state index is 9.96. The fourth-order valence-electron chi connectivity index (χ4n) is 3.09. The molecule has 0 spiro atoms. The van der Waals surface area contributed by atoms with E-state index in [1.54, 1.807) is 0 Å². The monoisotopic (exact) mass is 270 g/mol.